The molecule has 0 aromatic carbocycles. The molecule has 0 atom stereocenters. The van der Waals surface area contributed by atoms with Crippen molar-refractivity contribution in [2.24, 2.45) is 0 Å². The van der Waals surface area contributed by atoms with Crippen molar-refractivity contribution in [1.29, 1.82) is 5.26 Å². The molecule has 1 aromatic heterocycles. The van der Waals surface area contributed by atoms with Crippen LogP contribution in [-0.4, -0.2) is 23.9 Å². The summed E-state index contributed by atoms with van der Waals surface area (Å²) in [5, 5.41) is 10.4. The van der Waals surface area contributed by atoms with Crippen LogP contribution in [0.1, 0.15) is 16.6 Å². The Labute approximate surface area is 95.1 Å². The molecular formula is C9H9BrN2OS. The summed E-state index contributed by atoms with van der Waals surface area (Å²) in [4.78, 5) is 14.0. The summed E-state index contributed by atoms with van der Waals surface area (Å²) in [6.07, 6.45) is 0. The first-order valence-corrected chi connectivity index (χ1v) is 5.77. The molecule has 1 aromatic rings. The third kappa shape index (κ3) is 2.34. The molecule has 0 unspecified atom stereocenters. The summed E-state index contributed by atoms with van der Waals surface area (Å²) in [5.74, 6) is -0.0871. The van der Waals surface area contributed by atoms with E-state index in [4.69, 9.17) is 5.26 Å². The molecule has 74 valence electrons. The molecule has 1 amide bonds. The van der Waals surface area contributed by atoms with Crippen molar-refractivity contribution in [3.8, 4) is 6.07 Å². The number of carbonyl (C=O) groups is 1. The van der Waals surface area contributed by atoms with Crippen LogP contribution in [-0.2, 0) is 0 Å². The average Bonchev–Trinajstić information content (AvgIpc) is 2.59. The predicted octanol–water partition coefficient (Wildman–Crippen LogP) is 2.50. The number of halogens is 1. The molecule has 0 aliphatic rings. The van der Waals surface area contributed by atoms with Crippen LogP contribution in [0.5, 0.6) is 0 Å². The van der Waals surface area contributed by atoms with Gasteiger partial charge in [-0.3, -0.25) is 4.79 Å². The first-order valence-electron chi connectivity index (χ1n) is 4.10. The zero-order valence-corrected chi connectivity index (χ0v) is 10.1. The van der Waals surface area contributed by atoms with E-state index in [1.807, 2.05) is 24.4 Å². The maximum Gasteiger partial charge on any atom is 0.265 e. The first-order chi connectivity index (χ1) is 6.70. The molecule has 0 radical (unpaired) electrons. The molecule has 0 spiro atoms. The Kier molecular flexibility index (Phi) is 4.11. The van der Waals surface area contributed by atoms with E-state index >= 15 is 0 Å². The Balaban J connectivity index is 2.84. The highest BCUT2D eigenvalue weighted by Gasteiger charge is 2.17. The van der Waals surface area contributed by atoms with Gasteiger partial charge in [0.25, 0.3) is 5.91 Å². The van der Waals surface area contributed by atoms with Crippen LogP contribution in [0.4, 0.5) is 0 Å². The maximum absolute atomic E-state index is 11.8. The van der Waals surface area contributed by atoms with Gasteiger partial charge in [0, 0.05) is 11.0 Å². The second-order valence-corrected chi connectivity index (χ2v) is 4.35. The fourth-order valence-corrected chi connectivity index (χ4v) is 2.51. The van der Waals surface area contributed by atoms with Crippen LogP contribution in [0.2, 0.25) is 0 Å². The van der Waals surface area contributed by atoms with Gasteiger partial charge in [0.15, 0.2) is 0 Å². The second kappa shape index (κ2) is 5.13. The standard InChI is InChI=1S/C9H9BrN2OS/c1-2-12(5-4-11)9(13)8-7(10)3-6-14-8/h3,6H,2,5H2,1H3. The number of rotatable bonds is 3. The molecule has 0 saturated heterocycles. The van der Waals surface area contributed by atoms with Crippen LogP contribution in [0.25, 0.3) is 0 Å². The van der Waals surface area contributed by atoms with Crippen molar-refractivity contribution in [1.82, 2.24) is 4.90 Å². The summed E-state index contributed by atoms with van der Waals surface area (Å²) in [7, 11) is 0. The summed E-state index contributed by atoms with van der Waals surface area (Å²) >= 11 is 4.68. The van der Waals surface area contributed by atoms with Crippen LogP contribution in [0, 0.1) is 11.3 Å². The van der Waals surface area contributed by atoms with E-state index < -0.39 is 0 Å². The molecule has 0 saturated carbocycles. The molecule has 14 heavy (non-hydrogen) atoms. The summed E-state index contributed by atoms with van der Waals surface area (Å²) < 4.78 is 0.795. The van der Waals surface area contributed by atoms with Crippen molar-refractivity contribution >= 4 is 33.2 Å². The van der Waals surface area contributed by atoms with Gasteiger partial charge in [0.05, 0.1) is 6.07 Å². The van der Waals surface area contributed by atoms with Gasteiger partial charge in [-0.2, -0.15) is 5.26 Å². The molecule has 0 aliphatic heterocycles. The van der Waals surface area contributed by atoms with Crippen molar-refractivity contribution in [2.75, 3.05) is 13.1 Å². The number of nitriles is 1. The number of thiophene rings is 1. The Morgan fingerprint density at radius 1 is 1.79 bits per heavy atom. The van der Waals surface area contributed by atoms with E-state index in [1.54, 1.807) is 0 Å². The zero-order chi connectivity index (χ0) is 10.6. The van der Waals surface area contributed by atoms with Gasteiger partial charge in [-0.1, -0.05) is 0 Å². The third-order valence-corrected chi connectivity index (χ3v) is 3.57. The Morgan fingerprint density at radius 2 is 2.50 bits per heavy atom. The SMILES string of the molecule is CCN(CC#N)C(=O)c1sccc1Br. The van der Waals surface area contributed by atoms with Crippen molar-refractivity contribution in [3.05, 3.63) is 20.8 Å². The lowest BCUT2D eigenvalue weighted by molar-refractivity contribution is 0.0788. The number of carbonyl (C=O) groups excluding carboxylic acids is 1. The zero-order valence-electron chi connectivity index (χ0n) is 7.66. The fraction of sp³-hybridized carbons (Fsp3) is 0.333. The summed E-state index contributed by atoms with van der Waals surface area (Å²) in [6.45, 7) is 2.55. The number of hydrogen-bond donors (Lipinski definition) is 0. The highest BCUT2D eigenvalue weighted by Crippen LogP contribution is 2.23. The number of nitrogens with zero attached hydrogens (tertiary/aromatic N) is 2. The Morgan fingerprint density at radius 3 is 2.93 bits per heavy atom. The summed E-state index contributed by atoms with van der Waals surface area (Å²) in [5.41, 5.74) is 0. The van der Waals surface area contributed by atoms with Crippen molar-refractivity contribution in [2.45, 2.75) is 6.92 Å². The van der Waals surface area contributed by atoms with Crippen LogP contribution in [0.3, 0.4) is 0 Å². The largest absolute Gasteiger partial charge is 0.325 e. The lowest BCUT2D eigenvalue weighted by Crippen LogP contribution is -2.30. The minimum atomic E-state index is -0.0871. The molecule has 0 N–H and O–H groups in total. The highest BCUT2D eigenvalue weighted by atomic mass is 79.9. The molecule has 1 heterocycles. The topological polar surface area (TPSA) is 44.1 Å². The normalized spacial score (nSPS) is 9.50. The molecule has 1 rings (SSSR count). The van der Waals surface area contributed by atoms with Gasteiger partial charge in [-0.15, -0.1) is 11.3 Å². The van der Waals surface area contributed by atoms with Gasteiger partial charge >= 0.3 is 0 Å². The quantitative estimate of drug-likeness (QED) is 0.794. The lowest BCUT2D eigenvalue weighted by atomic mass is 10.4. The minimum absolute atomic E-state index is 0.0871. The minimum Gasteiger partial charge on any atom is -0.325 e. The molecule has 3 nitrogen and oxygen atoms in total. The van der Waals surface area contributed by atoms with E-state index in [0.29, 0.717) is 11.4 Å². The predicted molar refractivity (Wildman–Crippen MR) is 59.2 cm³/mol. The highest BCUT2D eigenvalue weighted by molar-refractivity contribution is 9.10. The fourth-order valence-electron chi connectivity index (χ4n) is 1.00. The number of amides is 1. The first kappa shape index (κ1) is 11.2. The molecule has 0 fully saturated rings. The van der Waals surface area contributed by atoms with E-state index in [1.165, 1.54) is 16.2 Å². The molecular weight excluding hydrogens is 264 g/mol. The Bertz CT molecular complexity index is 369. The van der Waals surface area contributed by atoms with Crippen LogP contribution < -0.4 is 0 Å². The molecule has 0 aliphatic carbocycles. The van der Waals surface area contributed by atoms with Gasteiger partial charge in [-0.05, 0) is 34.3 Å². The average molecular weight is 273 g/mol. The van der Waals surface area contributed by atoms with E-state index in [-0.39, 0.29) is 12.5 Å². The van der Waals surface area contributed by atoms with Gasteiger partial charge in [-0.25, -0.2) is 0 Å². The van der Waals surface area contributed by atoms with Gasteiger partial charge < -0.3 is 4.90 Å². The second-order valence-electron chi connectivity index (χ2n) is 2.58. The monoisotopic (exact) mass is 272 g/mol. The van der Waals surface area contributed by atoms with Crippen molar-refractivity contribution in [3.63, 3.8) is 0 Å². The number of hydrogen-bond acceptors (Lipinski definition) is 3. The summed E-state index contributed by atoms with van der Waals surface area (Å²) in [6, 6.07) is 3.81. The third-order valence-electron chi connectivity index (χ3n) is 1.74. The van der Waals surface area contributed by atoms with E-state index in [2.05, 4.69) is 15.9 Å². The Hall–Kier alpha value is -0.860. The van der Waals surface area contributed by atoms with E-state index in [0.717, 1.165) is 4.47 Å². The van der Waals surface area contributed by atoms with Crippen LogP contribution in [0.15, 0.2) is 15.9 Å². The lowest BCUT2D eigenvalue weighted by Gasteiger charge is -2.16. The molecule has 0 bridgehead atoms. The van der Waals surface area contributed by atoms with Crippen LogP contribution >= 0.6 is 27.3 Å². The maximum atomic E-state index is 11.8. The molecule has 5 heteroatoms. The smallest absolute Gasteiger partial charge is 0.265 e. The van der Waals surface area contributed by atoms with Gasteiger partial charge in [0.2, 0.25) is 0 Å². The van der Waals surface area contributed by atoms with E-state index in [9.17, 15) is 4.79 Å². The van der Waals surface area contributed by atoms with Gasteiger partial charge in [0.1, 0.15) is 11.4 Å². The van der Waals surface area contributed by atoms with Crippen molar-refractivity contribution < 1.29 is 4.79 Å².